The van der Waals surface area contributed by atoms with E-state index in [1.54, 1.807) is 7.05 Å². The smallest absolute Gasteiger partial charge is 0.279 e. The van der Waals surface area contributed by atoms with Gasteiger partial charge in [-0.1, -0.05) is 6.92 Å². The minimum absolute atomic E-state index is 0.305. The zero-order chi connectivity index (χ0) is 11.5. The molecule has 0 radical (unpaired) electrons. The third-order valence-corrected chi connectivity index (χ3v) is 4.42. The number of rotatable bonds is 6. The molecule has 1 fully saturated rings. The molecule has 0 aromatic rings. The van der Waals surface area contributed by atoms with E-state index >= 15 is 0 Å². The molecule has 0 aromatic heterocycles. The van der Waals surface area contributed by atoms with E-state index < -0.39 is 10.2 Å². The summed E-state index contributed by atoms with van der Waals surface area (Å²) in [6.07, 6.45) is 3.73. The van der Waals surface area contributed by atoms with Crippen molar-refractivity contribution < 1.29 is 8.42 Å². The Morgan fingerprint density at radius 1 is 1.47 bits per heavy atom. The highest BCUT2D eigenvalue weighted by molar-refractivity contribution is 7.87. The molecule has 0 saturated heterocycles. The lowest BCUT2D eigenvalue weighted by Gasteiger charge is -2.38. The maximum absolute atomic E-state index is 11.7. The summed E-state index contributed by atoms with van der Waals surface area (Å²) in [5, 5.41) is 0. The summed E-state index contributed by atoms with van der Waals surface area (Å²) < 4.78 is 27.2. The van der Waals surface area contributed by atoms with Crippen molar-refractivity contribution in [1.82, 2.24) is 9.03 Å². The molecule has 0 amide bonds. The summed E-state index contributed by atoms with van der Waals surface area (Å²) in [5.74, 6) is 0. The minimum Gasteiger partial charge on any atom is -0.324 e. The van der Waals surface area contributed by atoms with E-state index in [4.69, 9.17) is 5.73 Å². The molecular formula is C9H21N3O2S. The summed E-state index contributed by atoms with van der Waals surface area (Å²) in [4.78, 5) is 0. The van der Waals surface area contributed by atoms with E-state index in [9.17, 15) is 8.42 Å². The van der Waals surface area contributed by atoms with Gasteiger partial charge in [-0.25, -0.2) is 4.72 Å². The van der Waals surface area contributed by atoms with E-state index in [1.165, 1.54) is 4.31 Å². The van der Waals surface area contributed by atoms with Crippen molar-refractivity contribution in [3.8, 4) is 0 Å². The average Bonchev–Trinajstić information content (AvgIpc) is 2.12. The number of nitrogens with two attached hydrogens (primary N) is 1. The molecule has 90 valence electrons. The summed E-state index contributed by atoms with van der Waals surface area (Å²) >= 11 is 0. The Morgan fingerprint density at radius 2 is 2.07 bits per heavy atom. The van der Waals surface area contributed by atoms with Crippen LogP contribution in [0.2, 0.25) is 0 Å². The van der Waals surface area contributed by atoms with Crippen LogP contribution in [0.4, 0.5) is 0 Å². The molecule has 1 saturated carbocycles. The molecule has 0 heterocycles. The Balaban J connectivity index is 2.42. The summed E-state index contributed by atoms with van der Waals surface area (Å²) in [6.45, 7) is 2.83. The molecular weight excluding hydrogens is 214 g/mol. The van der Waals surface area contributed by atoms with Crippen molar-refractivity contribution in [2.24, 2.45) is 5.73 Å². The van der Waals surface area contributed by atoms with Gasteiger partial charge in [-0.15, -0.1) is 0 Å². The van der Waals surface area contributed by atoms with Crippen molar-refractivity contribution in [2.75, 3.05) is 20.1 Å². The monoisotopic (exact) mass is 235 g/mol. The second-order valence-corrected chi connectivity index (χ2v) is 6.23. The highest BCUT2D eigenvalue weighted by atomic mass is 32.2. The fourth-order valence-corrected chi connectivity index (χ4v) is 2.70. The van der Waals surface area contributed by atoms with Gasteiger partial charge in [0.2, 0.25) is 0 Å². The van der Waals surface area contributed by atoms with Gasteiger partial charge in [0.1, 0.15) is 0 Å². The SMILES string of the molecule is CCCN(C)S(=O)(=O)NCC1(N)CCC1. The van der Waals surface area contributed by atoms with E-state index in [0.717, 1.165) is 25.7 Å². The van der Waals surface area contributed by atoms with Crippen LogP contribution in [0.25, 0.3) is 0 Å². The Morgan fingerprint density at radius 3 is 2.47 bits per heavy atom. The van der Waals surface area contributed by atoms with E-state index in [1.807, 2.05) is 6.92 Å². The minimum atomic E-state index is -3.33. The van der Waals surface area contributed by atoms with Gasteiger partial charge in [0.25, 0.3) is 10.2 Å². The second kappa shape index (κ2) is 4.78. The summed E-state index contributed by atoms with van der Waals surface area (Å²) in [7, 11) is -1.75. The van der Waals surface area contributed by atoms with Gasteiger partial charge in [0.05, 0.1) is 0 Å². The van der Waals surface area contributed by atoms with Gasteiger partial charge in [-0.2, -0.15) is 12.7 Å². The highest BCUT2D eigenvalue weighted by Gasteiger charge is 2.33. The van der Waals surface area contributed by atoms with Gasteiger partial charge >= 0.3 is 0 Å². The van der Waals surface area contributed by atoms with Crippen LogP contribution in [0.1, 0.15) is 32.6 Å². The summed E-state index contributed by atoms with van der Waals surface area (Å²) in [5.41, 5.74) is 5.63. The standard InChI is InChI=1S/C9H21N3O2S/c1-3-7-12(2)15(13,14)11-8-9(10)5-4-6-9/h11H,3-8,10H2,1-2H3. The fraction of sp³-hybridized carbons (Fsp3) is 1.00. The molecule has 6 heteroatoms. The Kier molecular flexibility index (Phi) is 4.11. The number of nitrogens with one attached hydrogen (secondary N) is 1. The Hall–Kier alpha value is -0.170. The normalized spacial score (nSPS) is 20.3. The molecule has 0 atom stereocenters. The average molecular weight is 235 g/mol. The predicted octanol–water partition coefficient (Wildman–Crippen LogP) is 0.0440. The maximum atomic E-state index is 11.7. The van der Waals surface area contributed by atoms with Crippen molar-refractivity contribution in [3.05, 3.63) is 0 Å². The van der Waals surface area contributed by atoms with Crippen molar-refractivity contribution in [3.63, 3.8) is 0 Å². The first kappa shape index (κ1) is 12.9. The second-order valence-electron chi connectivity index (χ2n) is 4.36. The van der Waals surface area contributed by atoms with Crippen LogP contribution in [0.15, 0.2) is 0 Å². The number of nitrogens with zero attached hydrogens (tertiary/aromatic N) is 1. The lowest BCUT2D eigenvalue weighted by Crippen LogP contribution is -2.56. The van der Waals surface area contributed by atoms with E-state index in [0.29, 0.717) is 13.1 Å². The van der Waals surface area contributed by atoms with Crippen LogP contribution >= 0.6 is 0 Å². The van der Waals surface area contributed by atoms with E-state index in [2.05, 4.69) is 4.72 Å². The maximum Gasteiger partial charge on any atom is 0.279 e. The zero-order valence-electron chi connectivity index (χ0n) is 9.49. The molecule has 3 N–H and O–H groups in total. The van der Waals surface area contributed by atoms with E-state index in [-0.39, 0.29) is 5.54 Å². The number of hydrogen-bond donors (Lipinski definition) is 2. The Bertz CT molecular complexity index is 298. The molecule has 1 aliphatic carbocycles. The molecule has 0 aliphatic heterocycles. The highest BCUT2D eigenvalue weighted by Crippen LogP contribution is 2.28. The first-order chi connectivity index (χ1) is 6.90. The van der Waals surface area contributed by atoms with Gasteiger partial charge in [-0.05, 0) is 25.7 Å². The molecule has 0 bridgehead atoms. The largest absolute Gasteiger partial charge is 0.324 e. The first-order valence-corrected chi connectivity index (χ1v) is 6.83. The quantitative estimate of drug-likeness (QED) is 0.683. The molecule has 15 heavy (non-hydrogen) atoms. The van der Waals surface area contributed by atoms with Crippen molar-refractivity contribution in [1.29, 1.82) is 0 Å². The lowest BCUT2D eigenvalue weighted by molar-refractivity contribution is 0.249. The lowest BCUT2D eigenvalue weighted by atomic mass is 9.78. The van der Waals surface area contributed by atoms with Crippen LogP contribution < -0.4 is 10.5 Å². The first-order valence-electron chi connectivity index (χ1n) is 5.39. The van der Waals surface area contributed by atoms with Gasteiger partial charge in [0.15, 0.2) is 0 Å². The molecule has 0 unspecified atom stereocenters. The van der Waals surface area contributed by atoms with Crippen LogP contribution in [0.3, 0.4) is 0 Å². The van der Waals surface area contributed by atoms with Gasteiger partial charge < -0.3 is 5.73 Å². The topological polar surface area (TPSA) is 75.4 Å². The van der Waals surface area contributed by atoms with Crippen LogP contribution in [0.5, 0.6) is 0 Å². The Labute approximate surface area is 92.2 Å². The number of hydrogen-bond acceptors (Lipinski definition) is 3. The van der Waals surface area contributed by atoms with Gasteiger partial charge in [0, 0.05) is 25.7 Å². The fourth-order valence-electron chi connectivity index (χ4n) is 1.59. The summed E-state index contributed by atoms with van der Waals surface area (Å²) in [6, 6.07) is 0. The third kappa shape index (κ3) is 3.41. The predicted molar refractivity (Wildman–Crippen MR) is 60.6 cm³/mol. The van der Waals surface area contributed by atoms with Crippen molar-refractivity contribution >= 4 is 10.2 Å². The molecule has 0 spiro atoms. The van der Waals surface area contributed by atoms with Crippen molar-refractivity contribution in [2.45, 2.75) is 38.1 Å². The molecule has 0 aromatic carbocycles. The molecule has 5 nitrogen and oxygen atoms in total. The van der Waals surface area contributed by atoms with Crippen LogP contribution in [-0.4, -0.2) is 38.4 Å². The van der Waals surface area contributed by atoms with Crippen LogP contribution in [-0.2, 0) is 10.2 Å². The van der Waals surface area contributed by atoms with Gasteiger partial charge in [-0.3, -0.25) is 0 Å². The zero-order valence-corrected chi connectivity index (χ0v) is 10.3. The molecule has 1 aliphatic rings. The third-order valence-electron chi connectivity index (χ3n) is 2.90. The molecule has 1 rings (SSSR count). The van der Waals surface area contributed by atoms with Crippen LogP contribution in [0, 0.1) is 0 Å².